The second-order valence-corrected chi connectivity index (χ2v) is 7.81. The summed E-state index contributed by atoms with van der Waals surface area (Å²) >= 11 is 0. The third-order valence-electron chi connectivity index (χ3n) is 3.68. The highest BCUT2D eigenvalue weighted by Gasteiger charge is 2.27. The molecule has 1 atom stereocenters. The molecule has 0 spiro atoms. The van der Waals surface area contributed by atoms with E-state index in [0.717, 1.165) is 0 Å². The smallest absolute Gasteiger partial charge is 0.245 e. The predicted octanol–water partition coefficient (Wildman–Crippen LogP) is 0.350. The Bertz CT molecular complexity index is 493. The summed E-state index contributed by atoms with van der Waals surface area (Å²) in [5.41, 5.74) is 0. The molecule has 1 fully saturated rings. The number of carbonyl (C=O) groups is 2. The zero-order chi connectivity index (χ0) is 16.0. The van der Waals surface area contributed by atoms with Gasteiger partial charge in [-0.15, -0.1) is 0 Å². The van der Waals surface area contributed by atoms with E-state index < -0.39 is 15.9 Å². The van der Waals surface area contributed by atoms with Gasteiger partial charge in [0.25, 0.3) is 0 Å². The molecule has 6 nitrogen and oxygen atoms in total. The van der Waals surface area contributed by atoms with Crippen LogP contribution in [0.3, 0.4) is 0 Å². The fraction of sp³-hybridized carbons (Fsp3) is 0.714. The molecule has 0 aromatic rings. The summed E-state index contributed by atoms with van der Waals surface area (Å²) in [6.45, 7) is 7.80. The fourth-order valence-corrected chi connectivity index (χ4v) is 3.47. The molecule has 2 amide bonds. The quantitative estimate of drug-likeness (QED) is 0.717. The molecule has 0 aliphatic carbocycles. The molecule has 1 aliphatic heterocycles. The van der Waals surface area contributed by atoms with E-state index >= 15 is 0 Å². The van der Waals surface area contributed by atoms with Gasteiger partial charge >= 0.3 is 0 Å². The number of carbonyl (C=O) groups excluding carboxylic acids is 2. The lowest BCUT2D eigenvalue weighted by Gasteiger charge is -2.31. The van der Waals surface area contributed by atoms with Crippen molar-refractivity contribution in [1.29, 1.82) is 0 Å². The number of rotatable bonds is 6. The Morgan fingerprint density at radius 3 is 2.43 bits per heavy atom. The lowest BCUT2D eigenvalue weighted by molar-refractivity contribution is -0.132. The van der Waals surface area contributed by atoms with Crippen molar-refractivity contribution in [3.63, 3.8) is 0 Å². The van der Waals surface area contributed by atoms with Crippen LogP contribution in [-0.2, 0) is 19.4 Å². The summed E-state index contributed by atoms with van der Waals surface area (Å²) in [5.74, 6) is -0.361. The van der Waals surface area contributed by atoms with E-state index in [1.807, 2.05) is 0 Å². The largest absolute Gasteiger partial charge is 0.352 e. The van der Waals surface area contributed by atoms with Crippen LogP contribution in [0.5, 0.6) is 0 Å². The Morgan fingerprint density at radius 2 is 1.95 bits per heavy atom. The molecule has 0 radical (unpaired) electrons. The van der Waals surface area contributed by atoms with Gasteiger partial charge in [0, 0.05) is 30.8 Å². The van der Waals surface area contributed by atoms with E-state index in [0.29, 0.717) is 25.9 Å². The molecule has 7 heteroatoms. The number of likely N-dealkylation sites (tertiary alicyclic amines) is 1. The number of nitrogens with one attached hydrogen (secondary N) is 1. The number of piperidine rings is 1. The summed E-state index contributed by atoms with van der Waals surface area (Å²) < 4.78 is 23.0. The average Bonchev–Trinajstić information content (AvgIpc) is 2.45. The summed E-state index contributed by atoms with van der Waals surface area (Å²) in [5, 5.41) is 2.76. The van der Waals surface area contributed by atoms with Gasteiger partial charge in [0.2, 0.25) is 11.8 Å². The Morgan fingerprint density at radius 1 is 1.38 bits per heavy atom. The molecular formula is C14H24N2O4S. The van der Waals surface area contributed by atoms with Gasteiger partial charge in [-0.25, -0.2) is 8.42 Å². The lowest BCUT2D eigenvalue weighted by atomic mass is 9.95. The Labute approximate surface area is 126 Å². The Balaban J connectivity index is 2.44. The highest BCUT2D eigenvalue weighted by molar-refractivity contribution is 7.91. The van der Waals surface area contributed by atoms with Crippen molar-refractivity contribution in [1.82, 2.24) is 10.2 Å². The van der Waals surface area contributed by atoms with Crippen molar-refractivity contribution in [2.24, 2.45) is 5.92 Å². The minimum atomic E-state index is -3.10. The van der Waals surface area contributed by atoms with Gasteiger partial charge < -0.3 is 10.2 Å². The number of amides is 2. The molecule has 1 rings (SSSR count). The van der Waals surface area contributed by atoms with Gasteiger partial charge in [0.1, 0.15) is 0 Å². The van der Waals surface area contributed by atoms with Gasteiger partial charge in [0.15, 0.2) is 9.84 Å². The van der Waals surface area contributed by atoms with Gasteiger partial charge in [-0.1, -0.05) is 13.5 Å². The van der Waals surface area contributed by atoms with Crippen LogP contribution in [0.2, 0.25) is 0 Å². The number of nitrogens with zero attached hydrogens (tertiary/aromatic N) is 1. The molecule has 1 saturated heterocycles. The number of hydrogen-bond acceptors (Lipinski definition) is 4. The monoisotopic (exact) mass is 316 g/mol. The predicted molar refractivity (Wildman–Crippen MR) is 81.4 cm³/mol. The molecule has 120 valence electrons. The summed E-state index contributed by atoms with van der Waals surface area (Å²) in [7, 11) is -3.10. The Hall–Kier alpha value is -1.37. The van der Waals surface area contributed by atoms with E-state index in [1.54, 1.807) is 18.7 Å². The molecule has 1 aliphatic rings. The molecule has 0 bridgehead atoms. The van der Waals surface area contributed by atoms with Crippen molar-refractivity contribution >= 4 is 21.7 Å². The van der Waals surface area contributed by atoms with Gasteiger partial charge in [0.05, 0.1) is 5.75 Å². The molecule has 21 heavy (non-hydrogen) atoms. The highest BCUT2D eigenvalue weighted by atomic mass is 32.2. The molecule has 0 aromatic carbocycles. The van der Waals surface area contributed by atoms with E-state index in [2.05, 4.69) is 11.9 Å². The van der Waals surface area contributed by atoms with Gasteiger partial charge in [-0.05, 0) is 25.8 Å². The van der Waals surface area contributed by atoms with E-state index in [9.17, 15) is 18.0 Å². The third kappa shape index (κ3) is 5.49. The first kappa shape index (κ1) is 17.7. The minimum Gasteiger partial charge on any atom is -0.352 e. The van der Waals surface area contributed by atoms with Crippen LogP contribution in [0, 0.1) is 5.92 Å². The number of sulfone groups is 1. The van der Waals surface area contributed by atoms with E-state index in [4.69, 9.17) is 0 Å². The maximum Gasteiger partial charge on any atom is 0.245 e. The summed E-state index contributed by atoms with van der Waals surface area (Å²) in [4.78, 5) is 25.2. The first-order valence-corrected chi connectivity index (χ1v) is 9.03. The van der Waals surface area contributed by atoms with Gasteiger partial charge in [-0.2, -0.15) is 0 Å². The standard InChI is InChI=1S/C14H24N2O4S/c1-4-13(17)16-8-6-12(7-9-16)14(18)15-11(3)10-21(19,20)5-2/h4,11-12H,1,5-10H2,2-3H3,(H,15,18). The van der Waals surface area contributed by atoms with Crippen LogP contribution in [0.1, 0.15) is 26.7 Å². The van der Waals surface area contributed by atoms with Crippen LogP contribution < -0.4 is 5.32 Å². The van der Waals surface area contributed by atoms with Gasteiger partial charge in [-0.3, -0.25) is 9.59 Å². The molecule has 1 heterocycles. The highest BCUT2D eigenvalue weighted by Crippen LogP contribution is 2.17. The Kier molecular flexibility index (Phi) is 6.39. The average molecular weight is 316 g/mol. The SMILES string of the molecule is C=CC(=O)N1CCC(C(=O)NC(C)CS(=O)(=O)CC)CC1. The maximum atomic E-state index is 12.1. The first-order chi connectivity index (χ1) is 9.79. The molecular weight excluding hydrogens is 292 g/mol. The maximum absolute atomic E-state index is 12.1. The summed E-state index contributed by atoms with van der Waals surface area (Å²) in [6, 6.07) is -0.393. The van der Waals surface area contributed by atoms with E-state index in [-0.39, 0.29) is 29.2 Å². The minimum absolute atomic E-state index is 0.0387. The van der Waals surface area contributed by atoms with Crippen molar-refractivity contribution < 1.29 is 18.0 Å². The topological polar surface area (TPSA) is 83.6 Å². The van der Waals surface area contributed by atoms with E-state index in [1.165, 1.54) is 6.08 Å². The zero-order valence-corrected chi connectivity index (χ0v) is 13.5. The molecule has 0 saturated carbocycles. The normalized spacial score (nSPS) is 18.1. The molecule has 1 unspecified atom stereocenters. The van der Waals surface area contributed by atoms with Crippen molar-refractivity contribution in [2.75, 3.05) is 24.6 Å². The first-order valence-electron chi connectivity index (χ1n) is 7.21. The van der Waals surface area contributed by atoms with Crippen LogP contribution in [0.25, 0.3) is 0 Å². The van der Waals surface area contributed by atoms with Crippen LogP contribution >= 0.6 is 0 Å². The van der Waals surface area contributed by atoms with Crippen LogP contribution in [-0.4, -0.2) is 55.8 Å². The van der Waals surface area contributed by atoms with Crippen molar-refractivity contribution in [2.45, 2.75) is 32.7 Å². The fourth-order valence-electron chi connectivity index (χ4n) is 2.39. The summed E-state index contributed by atoms with van der Waals surface area (Å²) in [6.07, 6.45) is 2.47. The van der Waals surface area contributed by atoms with Crippen molar-refractivity contribution in [3.05, 3.63) is 12.7 Å². The second-order valence-electron chi connectivity index (χ2n) is 5.41. The zero-order valence-electron chi connectivity index (χ0n) is 12.7. The van der Waals surface area contributed by atoms with Crippen LogP contribution in [0.15, 0.2) is 12.7 Å². The molecule has 1 N–H and O–H groups in total. The molecule has 0 aromatic heterocycles. The lowest BCUT2D eigenvalue weighted by Crippen LogP contribution is -2.46. The van der Waals surface area contributed by atoms with Crippen molar-refractivity contribution in [3.8, 4) is 0 Å². The van der Waals surface area contributed by atoms with Crippen LogP contribution in [0.4, 0.5) is 0 Å². The third-order valence-corrected chi connectivity index (χ3v) is 5.57. The number of hydrogen-bond donors (Lipinski definition) is 1. The second kappa shape index (κ2) is 7.59.